The molecule has 20 heavy (non-hydrogen) atoms. The summed E-state index contributed by atoms with van der Waals surface area (Å²) in [7, 11) is 0. The molecule has 0 saturated carbocycles. The average Bonchev–Trinajstić information content (AvgIpc) is 3.10. The molecule has 0 aromatic heterocycles. The summed E-state index contributed by atoms with van der Waals surface area (Å²) in [6.45, 7) is 2.62. The Bertz CT molecular complexity index is 514. The van der Waals surface area contributed by atoms with Gasteiger partial charge in [0.2, 0.25) is 5.91 Å². The van der Waals surface area contributed by atoms with Crippen LogP contribution in [-0.2, 0) is 22.5 Å². The van der Waals surface area contributed by atoms with Gasteiger partial charge in [-0.1, -0.05) is 36.3 Å². The lowest BCUT2D eigenvalue weighted by atomic mass is 10.1. The van der Waals surface area contributed by atoms with E-state index in [9.17, 15) is 4.79 Å². The third kappa shape index (κ3) is 2.69. The second kappa shape index (κ2) is 5.65. The van der Waals surface area contributed by atoms with E-state index < -0.39 is 0 Å². The molecule has 1 amide bonds. The summed E-state index contributed by atoms with van der Waals surface area (Å²) in [6, 6.07) is 8.30. The molecule has 0 unspecified atom stereocenters. The summed E-state index contributed by atoms with van der Waals surface area (Å²) in [6.07, 6.45) is 3.47. The van der Waals surface area contributed by atoms with Crippen LogP contribution < -0.4 is 5.32 Å². The number of amides is 1. The minimum atomic E-state index is 0.0117. The zero-order valence-corrected chi connectivity index (χ0v) is 11.8. The van der Waals surface area contributed by atoms with Crippen molar-refractivity contribution in [1.29, 1.82) is 0 Å². The first kappa shape index (κ1) is 13.2. The molecule has 106 valence electrons. The van der Waals surface area contributed by atoms with Gasteiger partial charge in [-0.2, -0.15) is 0 Å². The summed E-state index contributed by atoms with van der Waals surface area (Å²) in [5, 5.41) is 7.02. The normalized spacial score (nSPS) is 21.2. The zero-order valence-electron chi connectivity index (χ0n) is 11.8. The van der Waals surface area contributed by atoms with Gasteiger partial charge >= 0.3 is 0 Å². The third-order valence-electron chi connectivity index (χ3n) is 4.13. The van der Waals surface area contributed by atoms with Gasteiger partial charge in [0, 0.05) is 12.3 Å². The van der Waals surface area contributed by atoms with Crippen LogP contribution >= 0.6 is 0 Å². The van der Waals surface area contributed by atoms with Crippen LogP contribution in [-0.4, -0.2) is 24.3 Å². The Balaban J connectivity index is 1.47. The number of oxime groups is 1. The van der Waals surface area contributed by atoms with Crippen LogP contribution in [0.25, 0.3) is 0 Å². The first-order chi connectivity index (χ1) is 9.76. The van der Waals surface area contributed by atoms with Gasteiger partial charge in [-0.15, -0.1) is 0 Å². The molecule has 0 spiro atoms. The molecule has 1 aliphatic carbocycles. The topological polar surface area (TPSA) is 50.7 Å². The maximum absolute atomic E-state index is 12.2. The summed E-state index contributed by atoms with van der Waals surface area (Å²) in [5.41, 5.74) is 3.69. The second-order valence-electron chi connectivity index (χ2n) is 5.56. The Kier molecular flexibility index (Phi) is 3.72. The predicted octanol–water partition coefficient (Wildman–Crippen LogP) is 2.07. The highest BCUT2D eigenvalue weighted by atomic mass is 16.6. The number of carbonyl (C=O) groups excluding carboxylic acids is 1. The van der Waals surface area contributed by atoms with Crippen LogP contribution in [0.5, 0.6) is 0 Å². The fourth-order valence-electron chi connectivity index (χ4n) is 2.91. The highest BCUT2D eigenvalue weighted by Gasteiger charge is 2.28. The first-order valence-electron chi connectivity index (χ1n) is 7.32. The molecule has 4 nitrogen and oxygen atoms in total. The van der Waals surface area contributed by atoms with Gasteiger partial charge in [-0.05, 0) is 30.4 Å². The molecule has 0 saturated heterocycles. The van der Waals surface area contributed by atoms with Gasteiger partial charge < -0.3 is 10.2 Å². The number of hydrogen-bond acceptors (Lipinski definition) is 3. The van der Waals surface area contributed by atoms with E-state index in [1.807, 2.05) is 12.1 Å². The Hall–Kier alpha value is -1.84. The maximum atomic E-state index is 12.2. The van der Waals surface area contributed by atoms with Crippen molar-refractivity contribution in [1.82, 2.24) is 5.32 Å². The van der Waals surface area contributed by atoms with E-state index >= 15 is 0 Å². The minimum Gasteiger partial charge on any atom is -0.390 e. The van der Waals surface area contributed by atoms with Crippen molar-refractivity contribution < 1.29 is 9.63 Å². The van der Waals surface area contributed by atoms with E-state index in [2.05, 4.69) is 29.5 Å². The molecule has 0 bridgehead atoms. The van der Waals surface area contributed by atoms with Gasteiger partial charge in [0.1, 0.15) is 6.10 Å². The van der Waals surface area contributed by atoms with Crippen LogP contribution in [0.2, 0.25) is 0 Å². The molecular formula is C16H20N2O2. The fourth-order valence-corrected chi connectivity index (χ4v) is 2.91. The van der Waals surface area contributed by atoms with Crippen molar-refractivity contribution in [3.63, 3.8) is 0 Å². The van der Waals surface area contributed by atoms with Crippen LogP contribution in [0.3, 0.4) is 0 Å². The average molecular weight is 272 g/mol. The molecule has 0 fully saturated rings. The predicted molar refractivity (Wildman–Crippen MR) is 77.6 cm³/mol. The van der Waals surface area contributed by atoms with E-state index in [1.54, 1.807) is 0 Å². The minimum absolute atomic E-state index is 0.0117. The number of fused-ring (bicyclic) bond motifs is 1. The number of nitrogens with one attached hydrogen (secondary N) is 1. The van der Waals surface area contributed by atoms with E-state index in [1.165, 1.54) is 11.1 Å². The number of nitrogens with zero attached hydrogens (tertiary/aromatic N) is 1. The molecule has 1 heterocycles. The van der Waals surface area contributed by atoms with E-state index in [-0.39, 0.29) is 17.9 Å². The Labute approximate surface area is 119 Å². The number of rotatable bonds is 4. The van der Waals surface area contributed by atoms with Crippen molar-refractivity contribution in [3.05, 3.63) is 35.4 Å². The first-order valence-corrected chi connectivity index (χ1v) is 7.32. The molecule has 1 aliphatic heterocycles. The van der Waals surface area contributed by atoms with Gasteiger partial charge in [0.05, 0.1) is 12.3 Å². The standard InChI is InChI=1S/C16H20N2O2/c1-2-14-9-15(20-18-14)10-17-16(19)13-7-11-5-3-4-6-12(11)8-13/h3-6,13,15H,2,7-10H2,1H3,(H,17,19)/t15-/m0/s1. The third-order valence-corrected chi connectivity index (χ3v) is 4.13. The van der Waals surface area contributed by atoms with Crippen molar-refractivity contribution in [2.24, 2.45) is 11.1 Å². The smallest absolute Gasteiger partial charge is 0.223 e. The van der Waals surface area contributed by atoms with Crippen molar-refractivity contribution >= 4 is 11.6 Å². The molecular weight excluding hydrogens is 252 g/mol. The molecule has 4 heteroatoms. The number of benzene rings is 1. The van der Waals surface area contributed by atoms with Crippen molar-refractivity contribution in [2.75, 3.05) is 6.54 Å². The Morgan fingerprint density at radius 1 is 1.30 bits per heavy atom. The number of hydrogen-bond donors (Lipinski definition) is 1. The van der Waals surface area contributed by atoms with Gasteiger partial charge in [0.15, 0.2) is 0 Å². The summed E-state index contributed by atoms with van der Waals surface area (Å²) >= 11 is 0. The van der Waals surface area contributed by atoms with E-state index in [0.717, 1.165) is 31.4 Å². The monoisotopic (exact) mass is 272 g/mol. The van der Waals surface area contributed by atoms with E-state index in [0.29, 0.717) is 6.54 Å². The Morgan fingerprint density at radius 2 is 2.00 bits per heavy atom. The van der Waals surface area contributed by atoms with Crippen molar-refractivity contribution in [3.8, 4) is 0 Å². The van der Waals surface area contributed by atoms with Gasteiger partial charge in [-0.25, -0.2) is 0 Å². The lowest BCUT2D eigenvalue weighted by Crippen LogP contribution is -2.36. The fraction of sp³-hybridized carbons (Fsp3) is 0.500. The molecule has 2 aliphatic rings. The van der Waals surface area contributed by atoms with Gasteiger partial charge in [-0.3, -0.25) is 4.79 Å². The lowest BCUT2D eigenvalue weighted by Gasteiger charge is -2.13. The SMILES string of the molecule is CCC1=NO[C@H](CNC(=O)C2Cc3ccccc3C2)C1. The van der Waals surface area contributed by atoms with Crippen LogP contribution in [0.15, 0.2) is 29.4 Å². The maximum Gasteiger partial charge on any atom is 0.223 e. The number of carbonyl (C=O) groups is 1. The largest absolute Gasteiger partial charge is 0.390 e. The second-order valence-corrected chi connectivity index (χ2v) is 5.56. The summed E-state index contributed by atoms with van der Waals surface area (Å²) < 4.78 is 0. The zero-order chi connectivity index (χ0) is 13.9. The Morgan fingerprint density at radius 3 is 2.60 bits per heavy atom. The molecule has 0 radical (unpaired) electrons. The van der Waals surface area contributed by atoms with Gasteiger partial charge in [0.25, 0.3) is 0 Å². The molecule has 1 atom stereocenters. The molecule has 1 N–H and O–H groups in total. The van der Waals surface area contributed by atoms with Crippen LogP contribution in [0.4, 0.5) is 0 Å². The van der Waals surface area contributed by atoms with Crippen LogP contribution in [0, 0.1) is 5.92 Å². The van der Waals surface area contributed by atoms with Crippen molar-refractivity contribution in [2.45, 2.75) is 38.7 Å². The summed E-state index contributed by atoms with van der Waals surface area (Å²) in [4.78, 5) is 17.5. The molecule has 3 rings (SSSR count). The van der Waals surface area contributed by atoms with E-state index in [4.69, 9.17) is 4.84 Å². The quantitative estimate of drug-likeness (QED) is 0.912. The molecule has 1 aromatic carbocycles. The highest BCUT2D eigenvalue weighted by Crippen LogP contribution is 2.26. The van der Waals surface area contributed by atoms with Crippen LogP contribution in [0.1, 0.15) is 30.9 Å². The highest BCUT2D eigenvalue weighted by molar-refractivity contribution is 5.85. The molecule has 1 aromatic rings. The summed E-state index contributed by atoms with van der Waals surface area (Å²) in [5.74, 6) is 0.204. The lowest BCUT2D eigenvalue weighted by molar-refractivity contribution is -0.125.